The fourth-order valence-electron chi connectivity index (χ4n) is 8.41. The molecule has 0 saturated heterocycles. The molecule has 1 unspecified atom stereocenters. The molecule has 3 fully saturated rings. The molecule has 0 aromatic rings. The molecule has 152 valence electrons. The van der Waals surface area contributed by atoms with Crippen molar-refractivity contribution >= 4 is 5.91 Å². The third kappa shape index (κ3) is 3.04. The van der Waals surface area contributed by atoms with Gasteiger partial charge in [0.25, 0.3) is 0 Å². The Morgan fingerprint density at radius 3 is 2.67 bits per heavy atom. The van der Waals surface area contributed by atoms with E-state index < -0.39 is 0 Å². The Morgan fingerprint density at radius 1 is 1.19 bits per heavy atom. The van der Waals surface area contributed by atoms with Crippen LogP contribution >= 0.6 is 0 Å². The summed E-state index contributed by atoms with van der Waals surface area (Å²) in [5.41, 5.74) is 6.26. The standard InChI is InChI=1S/C24H39NO2/c1-15(4-9-22(25)27)19-7-8-20-18-6-5-16-14-17(26)10-12-23(16,2)21(18)11-13-24(19,20)3/h10,15-16,18-21,26H,4-9,11-14H2,1-3H3,(H2,25,27)/t15-,16?,18+,19-,20+,21+,23+,24-/m1/s1. The average molecular weight is 374 g/mol. The van der Waals surface area contributed by atoms with Gasteiger partial charge in [0.2, 0.25) is 5.91 Å². The molecule has 0 aliphatic heterocycles. The Labute approximate surface area is 165 Å². The van der Waals surface area contributed by atoms with Gasteiger partial charge in [0.05, 0.1) is 5.76 Å². The number of hydrogen-bond donors (Lipinski definition) is 2. The highest BCUT2D eigenvalue weighted by molar-refractivity contribution is 5.73. The Morgan fingerprint density at radius 2 is 1.93 bits per heavy atom. The highest BCUT2D eigenvalue weighted by Crippen LogP contribution is 2.68. The lowest BCUT2D eigenvalue weighted by Gasteiger charge is -2.60. The fourth-order valence-corrected chi connectivity index (χ4v) is 8.41. The summed E-state index contributed by atoms with van der Waals surface area (Å²) >= 11 is 0. The predicted molar refractivity (Wildman–Crippen MR) is 109 cm³/mol. The number of carbonyl (C=O) groups excluding carboxylic acids is 1. The minimum absolute atomic E-state index is 0.148. The number of aliphatic hydroxyl groups is 1. The molecule has 4 aliphatic carbocycles. The second-order valence-electron chi connectivity index (χ2n) is 11.0. The largest absolute Gasteiger partial charge is 0.513 e. The number of fused-ring (bicyclic) bond motifs is 5. The SMILES string of the molecule is C[C@H](CCC(N)=O)[C@H]1CC[C@H]2[C@@H]3CCC4CC(O)=CC[C@]4(C)[C@H]3CC[C@]12C. The summed E-state index contributed by atoms with van der Waals surface area (Å²) in [5.74, 6) is 5.08. The number of carbonyl (C=O) groups is 1. The predicted octanol–water partition coefficient (Wildman–Crippen LogP) is 5.60. The maximum absolute atomic E-state index is 11.3. The topological polar surface area (TPSA) is 63.3 Å². The molecule has 3 heteroatoms. The minimum Gasteiger partial charge on any atom is -0.513 e. The van der Waals surface area contributed by atoms with E-state index in [1.807, 2.05) is 0 Å². The molecule has 4 rings (SSSR count). The van der Waals surface area contributed by atoms with Crippen molar-refractivity contribution in [3.05, 3.63) is 11.8 Å². The molecule has 27 heavy (non-hydrogen) atoms. The minimum atomic E-state index is -0.148. The van der Waals surface area contributed by atoms with Crippen LogP contribution < -0.4 is 5.73 Å². The summed E-state index contributed by atoms with van der Waals surface area (Å²) in [6.07, 6.45) is 13.7. The van der Waals surface area contributed by atoms with Gasteiger partial charge in [-0.3, -0.25) is 4.79 Å². The van der Waals surface area contributed by atoms with Gasteiger partial charge in [0.1, 0.15) is 0 Å². The zero-order valence-electron chi connectivity index (χ0n) is 17.5. The number of aliphatic hydroxyl groups excluding tert-OH is 1. The lowest BCUT2D eigenvalue weighted by Crippen LogP contribution is -2.52. The van der Waals surface area contributed by atoms with Gasteiger partial charge in [-0.2, -0.15) is 0 Å². The van der Waals surface area contributed by atoms with Crippen LogP contribution in [-0.4, -0.2) is 11.0 Å². The van der Waals surface area contributed by atoms with E-state index in [-0.39, 0.29) is 5.91 Å². The third-order valence-electron chi connectivity index (χ3n) is 9.90. The molecule has 0 spiro atoms. The van der Waals surface area contributed by atoms with Crippen molar-refractivity contribution < 1.29 is 9.90 Å². The van der Waals surface area contributed by atoms with Crippen molar-refractivity contribution in [2.24, 2.45) is 52.1 Å². The molecule has 3 saturated carbocycles. The number of primary amides is 1. The summed E-state index contributed by atoms with van der Waals surface area (Å²) in [5, 5.41) is 10.1. The van der Waals surface area contributed by atoms with Crippen molar-refractivity contribution in [2.45, 2.75) is 85.0 Å². The van der Waals surface area contributed by atoms with Crippen LogP contribution in [0.15, 0.2) is 11.8 Å². The van der Waals surface area contributed by atoms with Crippen LogP contribution in [-0.2, 0) is 4.79 Å². The van der Waals surface area contributed by atoms with E-state index in [0.29, 0.717) is 34.8 Å². The first-order chi connectivity index (χ1) is 12.8. The molecule has 0 heterocycles. The van der Waals surface area contributed by atoms with Gasteiger partial charge in [-0.05, 0) is 104 Å². The smallest absolute Gasteiger partial charge is 0.217 e. The summed E-state index contributed by atoms with van der Waals surface area (Å²) in [4.78, 5) is 11.3. The van der Waals surface area contributed by atoms with Gasteiger partial charge in [0.15, 0.2) is 0 Å². The van der Waals surface area contributed by atoms with Crippen LogP contribution in [0.1, 0.15) is 85.0 Å². The monoisotopic (exact) mass is 373 g/mol. The number of amides is 1. The maximum atomic E-state index is 11.3. The first-order valence-electron chi connectivity index (χ1n) is 11.4. The van der Waals surface area contributed by atoms with E-state index in [0.717, 1.165) is 42.9 Å². The zero-order chi connectivity index (χ0) is 19.4. The quantitative estimate of drug-likeness (QED) is 0.674. The van der Waals surface area contributed by atoms with Crippen LogP contribution in [0.2, 0.25) is 0 Å². The second kappa shape index (κ2) is 6.81. The van der Waals surface area contributed by atoms with Crippen LogP contribution in [0.3, 0.4) is 0 Å². The Kier molecular flexibility index (Phi) is 4.88. The molecular weight excluding hydrogens is 334 g/mol. The van der Waals surface area contributed by atoms with E-state index >= 15 is 0 Å². The normalized spacial score (nSPS) is 47.4. The Bertz CT molecular complexity index is 628. The summed E-state index contributed by atoms with van der Waals surface area (Å²) in [6, 6.07) is 0. The Hall–Kier alpha value is -0.990. The van der Waals surface area contributed by atoms with Gasteiger partial charge in [0, 0.05) is 12.8 Å². The number of hydrogen-bond acceptors (Lipinski definition) is 2. The van der Waals surface area contributed by atoms with E-state index in [9.17, 15) is 9.90 Å². The Balaban J connectivity index is 1.53. The lowest BCUT2D eigenvalue weighted by molar-refractivity contribution is -0.119. The molecule has 1 amide bonds. The number of rotatable bonds is 4. The second-order valence-corrected chi connectivity index (χ2v) is 11.0. The molecule has 0 radical (unpaired) electrons. The number of nitrogens with two attached hydrogens (primary N) is 1. The van der Waals surface area contributed by atoms with Gasteiger partial charge in [-0.1, -0.05) is 20.8 Å². The lowest BCUT2D eigenvalue weighted by atomic mass is 9.45. The van der Waals surface area contributed by atoms with Crippen molar-refractivity contribution in [2.75, 3.05) is 0 Å². The average Bonchev–Trinajstić information content (AvgIpc) is 2.97. The van der Waals surface area contributed by atoms with Gasteiger partial charge >= 0.3 is 0 Å². The van der Waals surface area contributed by atoms with Crippen molar-refractivity contribution in [1.82, 2.24) is 0 Å². The van der Waals surface area contributed by atoms with Crippen LogP contribution in [0.25, 0.3) is 0 Å². The van der Waals surface area contributed by atoms with E-state index in [1.54, 1.807) is 0 Å². The molecule has 3 N–H and O–H groups in total. The molecule has 0 aromatic heterocycles. The molecule has 3 nitrogen and oxygen atoms in total. The molecule has 8 atom stereocenters. The van der Waals surface area contributed by atoms with Crippen molar-refractivity contribution in [3.8, 4) is 0 Å². The molecule has 4 aliphatic rings. The summed E-state index contributed by atoms with van der Waals surface area (Å²) in [7, 11) is 0. The summed E-state index contributed by atoms with van der Waals surface area (Å²) < 4.78 is 0. The van der Waals surface area contributed by atoms with Crippen LogP contribution in [0.5, 0.6) is 0 Å². The van der Waals surface area contributed by atoms with Gasteiger partial charge < -0.3 is 10.8 Å². The molecule has 0 bridgehead atoms. The first kappa shape index (κ1) is 19.3. The van der Waals surface area contributed by atoms with E-state index in [4.69, 9.17) is 5.73 Å². The zero-order valence-corrected chi connectivity index (χ0v) is 17.5. The summed E-state index contributed by atoms with van der Waals surface area (Å²) in [6.45, 7) is 7.47. The number of allylic oxidation sites excluding steroid dienone is 2. The van der Waals surface area contributed by atoms with Gasteiger partial charge in [-0.25, -0.2) is 0 Å². The highest BCUT2D eigenvalue weighted by Gasteiger charge is 2.60. The van der Waals surface area contributed by atoms with Crippen molar-refractivity contribution in [1.29, 1.82) is 0 Å². The highest BCUT2D eigenvalue weighted by atomic mass is 16.3. The first-order valence-corrected chi connectivity index (χ1v) is 11.4. The molecular formula is C24H39NO2. The fraction of sp³-hybridized carbons (Fsp3) is 0.875. The van der Waals surface area contributed by atoms with Crippen LogP contribution in [0, 0.1) is 46.3 Å². The van der Waals surface area contributed by atoms with Crippen LogP contribution in [0.4, 0.5) is 0 Å². The van der Waals surface area contributed by atoms with E-state index in [2.05, 4.69) is 26.8 Å². The van der Waals surface area contributed by atoms with Gasteiger partial charge in [-0.15, -0.1) is 0 Å². The maximum Gasteiger partial charge on any atom is 0.217 e. The van der Waals surface area contributed by atoms with Crippen molar-refractivity contribution in [3.63, 3.8) is 0 Å². The third-order valence-corrected chi connectivity index (χ3v) is 9.90. The van der Waals surface area contributed by atoms with E-state index in [1.165, 1.54) is 38.5 Å². The molecule has 0 aromatic carbocycles.